The monoisotopic (exact) mass is 323 g/mol. The molecule has 24 heavy (non-hydrogen) atoms. The number of anilines is 2. The number of amides is 1. The molecular weight excluding hydrogens is 306 g/mol. The Morgan fingerprint density at radius 3 is 2.79 bits per heavy atom. The lowest BCUT2D eigenvalue weighted by atomic mass is 10.2. The van der Waals surface area contributed by atoms with Gasteiger partial charge in [0.15, 0.2) is 5.82 Å². The number of rotatable bonds is 6. The zero-order chi connectivity index (χ0) is 16.9. The molecule has 3 N–H and O–H groups in total. The minimum atomic E-state index is -0.445. The highest BCUT2D eigenvalue weighted by molar-refractivity contribution is 5.73. The number of hydrogen-bond acceptors (Lipinski definition) is 6. The maximum absolute atomic E-state index is 10.9. The first kappa shape index (κ1) is 15.6. The van der Waals surface area contributed by atoms with Crippen molar-refractivity contribution in [1.29, 1.82) is 0 Å². The van der Waals surface area contributed by atoms with E-state index in [1.807, 2.05) is 25.1 Å². The third kappa shape index (κ3) is 3.72. The predicted molar refractivity (Wildman–Crippen MR) is 89.3 cm³/mol. The van der Waals surface area contributed by atoms with E-state index in [1.54, 1.807) is 24.8 Å². The number of nitrogens with one attached hydrogen (secondary N) is 1. The zero-order valence-corrected chi connectivity index (χ0v) is 13.2. The van der Waals surface area contributed by atoms with Crippen molar-refractivity contribution in [3.63, 3.8) is 0 Å². The van der Waals surface area contributed by atoms with Gasteiger partial charge in [-0.05, 0) is 18.6 Å². The van der Waals surface area contributed by atoms with Crippen molar-refractivity contribution >= 4 is 17.4 Å². The second-order valence-corrected chi connectivity index (χ2v) is 5.18. The summed E-state index contributed by atoms with van der Waals surface area (Å²) < 4.78 is 1.47. The Labute approximate surface area is 138 Å². The van der Waals surface area contributed by atoms with Gasteiger partial charge in [-0.15, -0.1) is 0 Å². The van der Waals surface area contributed by atoms with Crippen LogP contribution in [-0.2, 0) is 17.8 Å². The van der Waals surface area contributed by atoms with E-state index in [9.17, 15) is 4.79 Å². The summed E-state index contributed by atoms with van der Waals surface area (Å²) in [6.45, 7) is 2.07. The van der Waals surface area contributed by atoms with Crippen LogP contribution in [0.3, 0.4) is 0 Å². The summed E-state index contributed by atoms with van der Waals surface area (Å²) in [7, 11) is 0. The van der Waals surface area contributed by atoms with Gasteiger partial charge < -0.3 is 11.1 Å². The molecule has 3 heterocycles. The molecule has 8 heteroatoms. The number of nitrogens with zero attached hydrogens (tertiary/aromatic N) is 5. The molecular formula is C16H17N7O. The average molecular weight is 323 g/mol. The van der Waals surface area contributed by atoms with Crippen LogP contribution >= 0.6 is 0 Å². The van der Waals surface area contributed by atoms with Gasteiger partial charge in [-0.3, -0.25) is 14.5 Å². The molecule has 0 fully saturated rings. The molecule has 122 valence electrons. The maximum atomic E-state index is 10.9. The molecule has 0 atom stereocenters. The fourth-order valence-electron chi connectivity index (χ4n) is 2.19. The number of aromatic nitrogens is 5. The third-order valence-corrected chi connectivity index (χ3v) is 3.30. The molecule has 0 aliphatic heterocycles. The van der Waals surface area contributed by atoms with Crippen LogP contribution < -0.4 is 11.1 Å². The van der Waals surface area contributed by atoms with Gasteiger partial charge in [-0.25, -0.2) is 9.97 Å². The minimum Gasteiger partial charge on any atom is -0.368 e. The summed E-state index contributed by atoms with van der Waals surface area (Å²) >= 11 is 0. The molecule has 3 aromatic heterocycles. The number of nitrogens with two attached hydrogens (primary N) is 1. The predicted octanol–water partition coefficient (Wildman–Crippen LogP) is 1.53. The van der Waals surface area contributed by atoms with Crippen LogP contribution in [0.25, 0.3) is 11.4 Å². The van der Waals surface area contributed by atoms with Gasteiger partial charge in [0.1, 0.15) is 12.4 Å². The van der Waals surface area contributed by atoms with E-state index in [2.05, 4.69) is 25.4 Å². The standard InChI is InChI=1S/C16H17N7O/c1-2-12-7-15(20-13-8-19-23(9-13)10-14(17)24)22-16(21-12)11-3-5-18-6-4-11/h3-9H,2,10H2,1H3,(H2,17,24)(H,20,21,22). The number of hydrogen-bond donors (Lipinski definition) is 2. The van der Waals surface area contributed by atoms with Gasteiger partial charge >= 0.3 is 0 Å². The number of carbonyl (C=O) groups is 1. The lowest BCUT2D eigenvalue weighted by molar-refractivity contribution is -0.118. The lowest BCUT2D eigenvalue weighted by Gasteiger charge is -2.08. The normalized spacial score (nSPS) is 10.5. The van der Waals surface area contributed by atoms with Gasteiger partial charge in [0.2, 0.25) is 5.91 Å². The van der Waals surface area contributed by atoms with E-state index in [0.29, 0.717) is 11.6 Å². The van der Waals surface area contributed by atoms with Crippen molar-refractivity contribution in [1.82, 2.24) is 24.7 Å². The Bertz CT molecular complexity index is 845. The Morgan fingerprint density at radius 1 is 1.29 bits per heavy atom. The molecule has 0 unspecified atom stereocenters. The molecule has 0 radical (unpaired) electrons. The van der Waals surface area contributed by atoms with E-state index >= 15 is 0 Å². The molecule has 1 amide bonds. The van der Waals surface area contributed by atoms with Crippen LogP contribution in [0.15, 0.2) is 43.0 Å². The van der Waals surface area contributed by atoms with E-state index in [4.69, 9.17) is 5.73 Å². The van der Waals surface area contributed by atoms with Gasteiger partial charge in [0.25, 0.3) is 0 Å². The summed E-state index contributed by atoms with van der Waals surface area (Å²) in [6.07, 6.45) is 7.51. The lowest BCUT2D eigenvalue weighted by Crippen LogP contribution is -2.18. The van der Waals surface area contributed by atoms with E-state index in [0.717, 1.165) is 23.4 Å². The van der Waals surface area contributed by atoms with Crippen LogP contribution in [0.1, 0.15) is 12.6 Å². The molecule has 0 spiro atoms. The molecule has 3 aromatic rings. The quantitative estimate of drug-likeness (QED) is 0.711. The highest BCUT2D eigenvalue weighted by Crippen LogP contribution is 2.20. The first-order chi connectivity index (χ1) is 11.6. The van der Waals surface area contributed by atoms with Crippen molar-refractivity contribution in [3.05, 3.63) is 48.7 Å². The van der Waals surface area contributed by atoms with Crippen molar-refractivity contribution in [2.24, 2.45) is 5.73 Å². The highest BCUT2D eigenvalue weighted by Gasteiger charge is 2.08. The van der Waals surface area contributed by atoms with Crippen LogP contribution in [0.2, 0.25) is 0 Å². The van der Waals surface area contributed by atoms with Crippen molar-refractivity contribution in [3.8, 4) is 11.4 Å². The van der Waals surface area contributed by atoms with E-state index in [1.165, 1.54) is 4.68 Å². The van der Waals surface area contributed by atoms with Gasteiger partial charge in [0.05, 0.1) is 11.9 Å². The largest absolute Gasteiger partial charge is 0.368 e. The zero-order valence-electron chi connectivity index (χ0n) is 13.2. The second kappa shape index (κ2) is 6.86. The number of primary amides is 1. The fraction of sp³-hybridized carbons (Fsp3) is 0.188. The fourth-order valence-corrected chi connectivity index (χ4v) is 2.19. The minimum absolute atomic E-state index is 0.0356. The maximum Gasteiger partial charge on any atom is 0.239 e. The molecule has 0 aliphatic rings. The second-order valence-electron chi connectivity index (χ2n) is 5.18. The first-order valence-electron chi connectivity index (χ1n) is 7.50. The molecule has 0 aliphatic carbocycles. The summed E-state index contributed by atoms with van der Waals surface area (Å²) in [4.78, 5) is 24.0. The van der Waals surface area contributed by atoms with E-state index in [-0.39, 0.29) is 6.54 Å². The van der Waals surface area contributed by atoms with Crippen LogP contribution in [0.5, 0.6) is 0 Å². The summed E-state index contributed by atoms with van der Waals surface area (Å²) in [5.41, 5.74) is 7.70. The molecule has 8 nitrogen and oxygen atoms in total. The summed E-state index contributed by atoms with van der Waals surface area (Å²) in [5, 5.41) is 7.26. The van der Waals surface area contributed by atoms with Crippen molar-refractivity contribution < 1.29 is 4.79 Å². The molecule has 0 bridgehead atoms. The highest BCUT2D eigenvalue weighted by atomic mass is 16.1. The Morgan fingerprint density at radius 2 is 2.08 bits per heavy atom. The van der Waals surface area contributed by atoms with Crippen LogP contribution in [-0.4, -0.2) is 30.6 Å². The third-order valence-electron chi connectivity index (χ3n) is 3.30. The number of carbonyl (C=O) groups excluding carboxylic acids is 1. The Hall–Kier alpha value is -3.29. The van der Waals surface area contributed by atoms with Crippen molar-refractivity contribution in [2.75, 3.05) is 5.32 Å². The summed E-state index contributed by atoms with van der Waals surface area (Å²) in [6, 6.07) is 5.61. The molecule has 0 saturated carbocycles. The molecule has 3 rings (SSSR count). The first-order valence-corrected chi connectivity index (χ1v) is 7.50. The van der Waals surface area contributed by atoms with Crippen LogP contribution in [0, 0.1) is 0 Å². The SMILES string of the molecule is CCc1cc(Nc2cnn(CC(N)=O)c2)nc(-c2ccncc2)n1. The molecule has 0 saturated heterocycles. The van der Waals surface area contributed by atoms with Gasteiger partial charge in [-0.1, -0.05) is 6.92 Å². The van der Waals surface area contributed by atoms with Gasteiger partial charge in [-0.2, -0.15) is 5.10 Å². The number of aryl methyl sites for hydroxylation is 1. The Balaban J connectivity index is 1.87. The molecule has 0 aromatic carbocycles. The van der Waals surface area contributed by atoms with Gasteiger partial charge in [0, 0.05) is 35.9 Å². The topological polar surface area (TPSA) is 112 Å². The van der Waals surface area contributed by atoms with E-state index < -0.39 is 5.91 Å². The summed E-state index contributed by atoms with van der Waals surface area (Å²) in [5.74, 6) is 0.844. The number of pyridine rings is 1. The van der Waals surface area contributed by atoms with Crippen molar-refractivity contribution in [2.45, 2.75) is 19.9 Å². The Kier molecular flexibility index (Phi) is 4.46. The van der Waals surface area contributed by atoms with Crippen LogP contribution in [0.4, 0.5) is 11.5 Å². The average Bonchev–Trinajstić information content (AvgIpc) is 3.01. The smallest absolute Gasteiger partial charge is 0.239 e.